The maximum Gasteiger partial charge on any atom is 0.342 e. The zero-order valence-electron chi connectivity index (χ0n) is 12.0. The number of nitro groups is 1. The maximum absolute atomic E-state index is 11.0. The number of carboxylic acids is 1. The number of carboxylic acid groups (broad SMARTS) is 1. The molecule has 1 fully saturated rings. The molecule has 5 atom stereocenters. The quantitative estimate of drug-likeness (QED) is 0.363. The molecule has 1 heterocycles. The van der Waals surface area contributed by atoms with Gasteiger partial charge in [0.05, 0.1) is 11.0 Å². The highest BCUT2D eigenvalue weighted by molar-refractivity contribution is 5.93. The number of nitrogens with zero attached hydrogens (tertiary/aromatic N) is 1. The summed E-state index contributed by atoms with van der Waals surface area (Å²) in [5.41, 5.74) is -0.975. The molecule has 1 aromatic rings. The summed E-state index contributed by atoms with van der Waals surface area (Å²) in [5, 5.41) is 51.7. The third-order valence-corrected chi connectivity index (χ3v) is 3.59. The average Bonchev–Trinajstić information content (AvgIpc) is 2.50. The maximum atomic E-state index is 11.0. The van der Waals surface area contributed by atoms with Gasteiger partial charge in [0.2, 0.25) is 0 Å². The first-order chi connectivity index (χ1) is 10.7. The molecule has 0 bridgehead atoms. The lowest BCUT2D eigenvalue weighted by molar-refractivity contribution is -0.385. The van der Waals surface area contributed by atoms with Gasteiger partial charge >= 0.3 is 5.97 Å². The summed E-state index contributed by atoms with van der Waals surface area (Å²) < 4.78 is 5.31. The number of carbonyl (C=O) groups is 1. The number of nitrogens with one attached hydrogen (secondary N) is 1. The van der Waals surface area contributed by atoms with Crippen LogP contribution in [0.2, 0.25) is 0 Å². The zero-order chi connectivity index (χ0) is 17.3. The number of benzene rings is 1. The van der Waals surface area contributed by atoms with E-state index in [0.29, 0.717) is 0 Å². The van der Waals surface area contributed by atoms with E-state index in [2.05, 4.69) is 5.32 Å². The summed E-state index contributed by atoms with van der Waals surface area (Å²) in [6.45, 7) is 1.49. The summed E-state index contributed by atoms with van der Waals surface area (Å²) in [6.07, 6.45) is -6.10. The Morgan fingerprint density at radius 2 is 1.91 bits per heavy atom. The number of aromatic carboxylic acids is 1. The third kappa shape index (κ3) is 3.40. The van der Waals surface area contributed by atoms with E-state index in [1.165, 1.54) is 13.0 Å². The Morgan fingerprint density at radius 1 is 1.26 bits per heavy atom. The van der Waals surface area contributed by atoms with Crippen LogP contribution in [0.5, 0.6) is 0 Å². The minimum atomic E-state index is -1.47. The first-order valence-electron chi connectivity index (χ1n) is 6.70. The molecule has 10 nitrogen and oxygen atoms in total. The van der Waals surface area contributed by atoms with Crippen LogP contribution in [0.3, 0.4) is 0 Å². The van der Waals surface area contributed by atoms with Gasteiger partial charge in [0, 0.05) is 11.8 Å². The Hall–Kier alpha value is -2.27. The number of aliphatic hydroxyl groups is 3. The summed E-state index contributed by atoms with van der Waals surface area (Å²) >= 11 is 0. The molecule has 23 heavy (non-hydrogen) atoms. The lowest BCUT2D eigenvalue weighted by Crippen LogP contribution is -2.58. The predicted molar refractivity (Wildman–Crippen MR) is 76.0 cm³/mol. The smallest absolute Gasteiger partial charge is 0.342 e. The molecule has 0 saturated carbocycles. The Kier molecular flexibility index (Phi) is 4.80. The molecular formula is C13H16N2O8. The van der Waals surface area contributed by atoms with E-state index in [0.717, 1.165) is 12.1 Å². The van der Waals surface area contributed by atoms with E-state index >= 15 is 0 Å². The van der Waals surface area contributed by atoms with Gasteiger partial charge in [-0.05, 0) is 19.1 Å². The Balaban J connectivity index is 2.25. The van der Waals surface area contributed by atoms with Gasteiger partial charge in [-0.3, -0.25) is 10.1 Å². The highest BCUT2D eigenvalue weighted by atomic mass is 16.6. The molecule has 1 aromatic carbocycles. The monoisotopic (exact) mass is 328 g/mol. The number of aliphatic hydroxyl groups excluding tert-OH is 3. The van der Waals surface area contributed by atoms with Gasteiger partial charge in [0.15, 0.2) is 6.23 Å². The van der Waals surface area contributed by atoms with E-state index in [9.17, 15) is 30.2 Å². The van der Waals surface area contributed by atoms with Gasteiger partial charge in [-0.1, -0.05) is 0 Å². The molecule has 0 aromatic heterocycles. The molecule has 0 spiro atoms. The minimum Gasteiger partial charge on any atom is -0.477 e. The number of hydrogen-bond donors (Lipinski definition) is 5. The third-order valence-electron chi connectivity index (χ3n) is 3.59. The van der Waals surface area contributed by atoms with E-state index in [-0.39, 0.29) is 5.69 Å². The Morgan fingerprint density at radius 3 is 2.48 bits per heavy atom. The van der Waals surface area contributed by atoms with Crippen molar-refractivity contribution >= 4 is 17.3 Å². The largest absolute Gasteiger partial charge is 0.477 e. The van der Waals surface area contributed by atoms with E-state index in [1.54, 1.807) is 0 Å². The topological polar surface area (TPSA) is 162 Å². The van der Waals surface area contributed by atoms with E-state index in [1.807, 2.05) is 0 Å². The summed E-state index contributed by atoms with van der Waals surface area (Å²) in [6, 6.07) is 3.31. The van der Waals surface area contributed by atoms with Gasteiger partial charge < -0.3 is 30.5 Å². The van der Waals surface area contributed by atoms with Crippen LogP contribution >= 0.6 is 0 Å². The fraction of sp³-hybridized carbons (Fsp3) is 0.462. The fourth-order valence-corrected chi connectivity index (χ4v) is 2.29. The second-order valence-electron chi connectivity index (χ2n) is 5.17. The van der Waals surface area contributed by atoms with Crippen LogP contribution in [0, 0.1) is 10.1 Å². The summed E-state index contributed by atoms with van der Waals surface area (Å²) in [5.74, 6) is -1.44. The van der Waals surface area contributed by atoms with Crippen LogP contribution in [0.1, 0.15) is 17.3 Å². The van der Waals surface area contributed by atoms with Crippen molar-refractivity contribution in [2.75, 3.05) is 5.32 Å². The lowest BCUT2D eigenvalue weighted by Gasteiger charge is -2.39. The molecule has 1 saturated heterocycles. The van der Waals surface area contributed by atoms with Gasteiger partial charge in [-0.2, -0.15) is 0 Å². The molecule has 0 amide bonds. The minimum absolute atomic E-state index is 0.126. The van der Waals surface area contributed by atoms with Crippen LogP contribution < -0.4 is 5.32 Å². The van der Waals surface area contributed by atoms with Gasteiger partial charge in [-0.15, -0.1) is 0 Å². The number of rotatable bonds is 4. The van der Waals surface area contributed by atoms with Crippen molar-refractivity contribution in [3.63, 3.8) is 0 Å². The van der Waals surface area contributed by atoms with Crippen LogP contribution in [-0.4, -0.2) is 62.0 Å². The zero-order valence-corrected chi connectivity index (χ0v) is 12.0. The van der Waals surface area contributed by atoms with Crippen LogP contribution in [0.15, 0.2) is 18.2 Å². The summed E-state index contributed by atoms with van der Waals surface area (Å²) in [7, 11) is 0. The van der Waals surface area contributed by atoms with Crippen molar-refractivity contribution in [1.29, 1.82) is 0 Å². The van der Waals surface area contributed by atoms with Gasteiger partial charge in [-0.25, -0.2) is 4.79 Å². The van der Waals surface area contributed by atoms with Crippen LogP contribution in [0.25, 0.3) is 0 Å². The summed E-state index contributed by atoms with van der Waals surface area (Å²) in [4.78, 5) is 21.1. The van der Waals surface area contributed by atoms with Gasteiger partial charge in [0.1, 0.15) is 23.9 Å². The SMILES string of the molecule is C[C@@H]1O[C@H](Nc2ccc(C(=O)O)c([N+](=O)[O-])c2)[C@H](O)[C@@H](O)[C@H]1O. The van der Waals surface area contributed by atoms with Gasteiger partial charge in [0.25, 0.3) is 5.69 Å². The standard InChI is InChI=1S/C13H16N2O8/c1-5-9(16)10(17)11(18)12(23-5)14-6-2-3-7(13(19)20)8(4-6)15(21)22/h2-5,9-12,14,16-18H,1H3,(H,19,20)/t5-,9-,10-,11+,12-/m0/s1. The average molecular weight is 328 g/mol. The number of ether oxygens (including phenoxy) is 1. The van der Waals surface area contributed by atoms with Crippen molar-refractivity contribution in [2.24, 2.45) is 0 Å². The first-order valence-corrected chi connectivity index (χ1v) is 6.70. The normalized spacial score (nSPS) is 30.7. The van der Waals surface area contributed by atoms with E-state index < -0.39 is 52.8 Å². The molecule has 126 valence electrons. The van der Waals surface area contributed by atoms with Crippen molar-refractivity contribution < 1.29 is 34.9 Å². The van der Waals surface area contributed by atoms with Crippen molar-refractivity contribution in [3.05, 3.63) is 33.9 Å². The molecule has 5 N–H and O–H groups in total. The Bertz CT molecular complexity index is 622. The van der Waals surface area contributed by atoms with E-state index in [4.69, 9.17) is 9.84 Å². The molecule has 0 radical (unpaired) electrons. The number of nitro benzene ring substituents is 1. The molecular weight excluding hydrogens is 312 g/mol. The lowest BCUT2D eigenvalue weighted by atomic mass is 9.99. The fourth-order valence-electron chi connectivity index (χ4n) is 2.29. The Labute approximate surface area is 130 Å². The molecule has 0 unspecified atom stereocenters. The highest BCUT2D eigenvalue weighted by Gasteiger charge is 2.41. The van der Waals surface area contributed by atoms with Crippen LogP contribution in [0.4, 0.5) is 11.4 Å². The number of hydrogen-bond acceptors (Lipinski definition) is 8. The second kappa shape index (κ2) is 6.46. The van der Waals surface area contributed by atoms with Crippen molar-refractivity contribution in [1.82, 2.24) is 0 Å². The van der Waals surface area contributed by atoms with Crippen molar-refractivity contribution in [2.45, 2.75) is 37.6 Å². The van der Waals surface area contributed by atoms with Crippen molar-refractivity contribution in [3.8, 4) is 0 Å². The number of anilines is 1. The second-order valence-corrected chi connectivity index (χ2v) is 5.17. The molecule has 1 aliphatic heterocycles. The van der Waals surface area contributed by atoms with Crippen LogP contribution in [-0.2, 0) is 4.74 Å². The molecule has 10 heteroatoms. The molecule has 2 rings (SSSR count). The highest BCUT2D eigenvalue weighted by Crippen LogP contribution is 2.27. The first kappa shape index (κ1) is 17.1. The molecule has 0 aliphatic carbocycles. The predicted octanol–water partition coefficient (Wildman–Crippen LogP) is -0.468. The molecule has 1 aliphatic rings.